The number of H-pyrrole nitrogens is 2. The van der Waals surface area contributed by atoms with Crippen molar-refractivity contribution < 1.29 is 9.59 Å². The first kappa shape index (κ1) is 19.7. The van der Waals surface area contributed by atoms with Gasteiger partial charge in [0, 0.05) is 35.7 Å². The average molecular weight is 381 g/mol. The predicted molar refractivity (Wildman–Crippen MR) is 109 cm³/mol. The molecule has 148 valence electrons. The number of nitrogens with one attached hydrogen (secondary N) is 3. The third-order valence-corrected chi connectivity index (χ3v) is 4.80. The van der Waals surface area contributed by atoms with Gasteiger partial charge in [-0.3, -0.25) is 14.7 Å². The molecular formula is C21H27N5O2. The smallest absolute Gasteiger partial charge is 0.268 e. The average Bonchev–Trinajstić information content (AvgIpc) is 3.40. The molecule has 0 aliphatic carbocycles. The molecule has 3 heterocycles. The number of hydrogen-bond acceptors (Lipinski definition) is 3. The summed E-state index contributed by atoms with van der Waals surface area (Å²) in [5.41, 5.74) is 3.80. The number of amides is 2. The summed E-state index contributed by atoms with van der Waals surface area (Å²) >= 11 is 0. The van der Waals surface area contributed by atoms with Crippen LogP contribution in [0, 0.1) is 6.92 Å². The summed E-state index contributed by atoms with van der Waals surface area (Å²) in [5.74, 6) is 0.420. The molecule has 0 bridgehead atoms. The number of aromatic nitrogens is 3. The van der Waals surface area contributed by atoms with Crippen LogP contribution in [0.5, 0.6) is 0 Å². The highest BCUT2D eigenvalue weighted by Gasteiger charge is 2.23. The van der Waals surface area contributed by atoms with Crippen LogP contribution in [0.2, 0.25) is 0 Å². The first-order chi connectivity index (χ1) is 13.5. The monoisotopic (exact) mass is 381 g/mol. The number of benzene rings is 1. The van der Waals surface area contributed by atoms with Crippen LogP contribution in [0.1, 0.15) is 48.1 Å². The Morgan fingerprint density at radius 1 is 1.32 bits per heavy atom. The maximum Gasteiger partial charge on any atom is 0.268 e. The minimum atomic E-state index is -0.117. The van der Waals surface area contributed by atoms with Crippen molar-refractivity contribution in [3.8, 4) is 0 Å². The van der Waals surface area contributed by atoms with Crippen molar-refractivity contribution in [3.63, 3.8) is 0 Å². The maximum atomic E-state index is 12.1. The van der Waals surface area contributed by atoms with Crippen molar-refractivity contribution in [1.29, 1.82) is 0 Å². The van der Waals surface area contributed by atoms with E-state index in [9.17, 15) is 9.59 Å². The fourth-order valence-corrected chi connectivity index (χ4v) is 3.19. The van der Waals surface area contributed by atoms with E-state index in [4.69, 9.17) is 0 Å². The third-order valence-electron chi connectivity index (χ3n) is 4.80. The molecule has 2 amide bonds. The van der Waals surface area contributed by atoms with E-state index >= 15 is 0 Å². The molecule has 0 saturated carbocycles. The van der Waals surface area contributed by atoms with Gasteiger partial charge in [0.15, 0.2) is 0 Å². The van der Waals surface area contributed by atoms with E-state index in [0.29, 0.717) is 24.7 Å². The molecule has 1 saturated heterocycles. The normalized spacial score (nSPS) is 16.1. The van der Waals surface area contributed by atoms with Crippen LogP contribution in [0.4, 0.5) is 0 Å². The lowest BCUT2D eigenvalue weighted by molar-refractivity contribution is -0.117. The molecule has 0 spiro atoms. The van der Waals surface area contributed by atoms with E-state index in [2.05, 4.69) is 40.4 Å². The van der Waals surface area contributed by atoms with Gasteiger partial charge < -0.3 is 15.2 Å². The molecular weight excluding hydrogens is 354 g/mol. The van der Waals surface area contributed by atoms with E-state index in [1.807, 2.05) is 37.3 Å². The van der Waals surface area contributed by atoms with E-state index in [1.165, 1.54) is 0 Å². The number of likely N-dealkylation sites (tertiary alicyclic amines) is 1. The lowest BCUT2D eigenvalue weighted by Gasteiger charge is -2.11. The Hall–Kier alpha value is -3.09. The van der Waals surface area contributed by atoms with Crippen molar-refractivity contribution in [2.45, 2.75) is 39.2 Å². The molecule has 3 N–H and O–H groups in total. The van der Waals surface area contributed by atoms with Crippen molar-refractivity contribution in [2.75, 3.05) is 13.1 Å². The lowest BCUT2D eigenvalue weighted by atomic mass is 10.1. The van der Waals surface area contributed by atoms with Gasteiger partial charge >= 0.3 is 0 Å². The minimum absolute atomic E-state index is 0.0455. The molecule has 1 fully saturated rings. The quantitative estimate of drug-likeness (QED) is 0.607. The van der Waals surface area contributed by atoms with E-state index in [0.717, 1.165) is 35.1 Å². The number of hydrogen-bond donors (Lipinski definition) is 3. The zero-order valence-electron chi connectivity index (χ0n) is 16.5. The highest BCUT2D eigenvalue weighted by molar-refractivity contribution is 5.98. The summed E-state index contributed by atoms with van der Waals surface area (Å²) in [6.45, 7) is 7.58. The van der Waals surface area contributed by atoms with Crippen LogP contribution in [0.3, 0.4) is 0 Å². The summed E-state index contributed by atoms with van der Waals surface area (Å²) in [6, 6.07) is 11.7. The van der Waals surface area contributed by atoms with Gasteiger partial charge in [0.1, 0.15) is 5.69 Å². The first-order valence-corrected chi connectivity index (χ1v) is 9.56. The first-order valence-electron chi connectivity index (χ1n) is 9.56. The van der Waals surface area contributed by atoms with Gasteiger partial charge in [-0.05, 0) is 37.5 Å². The maximum absolute atomic E-state index is 12.1. The summed E-state index contributed by atoms with van der Waals surface area (Å²) in [4.78, 5) is 27.5. The second-order valence-electron chi connectivity index (χ2n) is 7.46. The Morgan fingerprint density at radius 3 is 2.68 bits per heavy atom. The van der Waals surface area contributed by atoms with Crippen LogP contribution in [0.15, 0.2) is 36.4 Å². The molecule has 1 aliphatic heterocycles. The molecule has 0 radical (unpaired) electrons. The molecule has 3 aromatic rings. The number of carbonyl (C=O) groups is 2. The zero-order valence-corrected chi connectivity index (χ0v) is 16.5. The number of rotatable bonds is 4. The van der Waals surface area contributed by atoms with Crippen LogP contribution in [0.25, 0.3) is 10.9 Å². The Morgan fingerprint density at radius 2 is 2.11 bits per heavy atom. The van der Waals surface area contributed by atoms with Gasteiger partial charge in [0.05, 0.1) is 5.69 Å². The van der Waals surface area contributed by atoms with Gasteiger partial charge in [0.25, 0.3) is 5.91 Å². The highest BCUT2D eigenvalue weighted by Crippen LogP contribution is 2.15. The largest absolute Gasteiger partial charge is 0.351 e. The van der Waals surface area contributed by atoms with Crippen molar-refractivity contribution in [2.24, 2.45) is 0 Å². The molecule has 28 heavy (non-hydrogen) atoms. The van der Waals surface area contributed by atoms with Gasteiger partial charge in [0.2, 0.25) is 6.41 Å². The van der Waals surface area contributed by atoms with Gasteiger partial charge in [-0.15, -0.1) is 0 Å². The molecule has 1 aromatic carbocycles. The van der Waals surface area contributed by atoms with E-state index in [1.54, 1.807) is 4.90 Å². The van der Waals surface area contributed by atoms with Crippen molar-refractivity contribution in [1.82, 2.24) is 25.4 Å². The number of carbonyl (C=O) groups excluding carboxylic acids is 2. The fraction of sp³-hybridized carbons (Fsp3) is 0.381. The second-order valence-corrected chi connectivity index (χ2v) is 7.46. The number of aryl methyl sites for hydroxylation is 1. The molecule has 1 aliphatic rings. The van der Waals surface area contributed by atoms with Crippen LogP contribution < -0.4 is 5.32 Å². The van der Waals surface area contributed by atoms with E-state index < -0.39 is 0 Å². The van der Waals surface area contributed by atoms with Crippen LogP contribution in [-0.4, -0.2) is 51.5 Å². The van der Waals surface area contributed by atoms with Crippen LogP contribution >= 0.6 is 0 Å². The highest BCUT2D eigenvalue weighted by atomic mass is 16.2. The summed E-state index contributed by atoms with van der Waals surface area (Å²) in [6.07, 6.45) is 1.64. The third kappa shape index (κ3) is 4.79. The van der Waals surface area contributed by atoms with Gasteiger partial charge in [-0.2, -0.15) is 5.10 Å². The lowest BCUT2D eigenvalue weighted by Crippen LogP contribution is -2.37. The Labute approximate surface area is 164 Å². The number of fused-ring (bicyclic) bond motifs is 1. The topological polar surface area (TPSA) is 93.9 Å². The molecule has 7 heteroatoms. The van der Waals surface area contributed by atoms with Crippen molar-refractivity contribution in [3.05, 3.63) is 53.5 Å². The fourth-order valence-electron chi connectivity index (χ4n) is 3.19. The predicted octanol–water partition coefficient (Wildman–Crippen LogP) is 2.97. The Kier molecular flexibility index (Phi) is 6.13. The summed E-state index contributed by atoms with van der Waals surface area (Å²) in [7, 11) is 0. The summed E-state index contributed by atoms with van der Waals surface area (Å²) < 4.78 is 0. The van der Waals surface area contributed by atoms with Gasteiger partial charge in [-0.1, -0.05) is 32.0 Å². The second kappa shape index (κ2) is 8.73. The Bertz CT molecular complexity index is 910. The SMILES string of the molecule is Cc1cc(C(C)C)n[nH]1.O=CN1CCC(NC(=O)c2cc3ccccc3[nH]2)C1. The van der Waals surface area contributed by atoms with Crippen molar-refractivity contribution >= 4 is 23.2 Å². The Balaban J connectivity index is 0.000000211. The minimum Gasteiger partial charge on any atom is -0.351 e. The molecule has 1 atom stereocenters. The molecule has 2 aromatic heterocycles. The zero-order chi connectivity index (χ0) is 20.1. The number of aromatic amines is 2. The standard InChI is InChI=1S/C14H15N3O2.C7H12N2/c18-9-17-6-5-11(8-17)15-14(19)13-7-10-3-1-2-4-12(10)16-13;1-5(2)7-4-6(3)8-9-7/h1-4,7,9,11,16H,5-6,8H2,(H,15,19);4-5H,1-3H3,(H,8,9). The van der Waals surface area contributed by atoms with Crippen LogP contribution in [-0.2, 0) is 4.79 Å². The number of nitrogens with zero attached hydrogens (tertiary/aromatic N) is 2. The molecule has 7 nitrogen and oxygen atoms in total. The van der Waals surface area contributed by atoms with Gasteiger partial charge in [-0.25, -0.2) is 0 Å². The summed E-state index contributed by atoms with van der Waals surface area (Å²) in [5, 5.41) is 11.0. The molecule has 1 unspecified atom stereocenters. The molecule has 4 rings (SSSR count). The number of para-hydroxylation sites is 1. The van der Waals surface area contributed by atoms with E-state index in [-0.39, 0.29) is 11.9 Å².